The molecule has 0 aromatic carbocycles. The molecule has 0 spiro atoms. The molecule has 0 radical (unpaired) electrons. The monoisotopic (exact) mass is 237 g/mol. The molecule has 1 aliphatic rings. The highest BCUT2D eigenvalue weighted by Crippen LogP contribution is 2.49. The Balaban J connectivity index is 3.07. The number of hydrogen-bond acceptors (Lipinski definition) is 1. The smallest absolute Gasteiger partial charge is 0.306 e. The van der Waals surface area contributed by atoms with E-state index in [9.17, 15) is 13.2 Å². The summed E-state index contributed by atoms with van der Waals surface area (Å²) in [7, 11) is 1.45. The summed E-state index contributed by atoms with van der Waals surface area (Å²) in [4.78, 5) is 0. The van der Waals surface area contributed by atoms with Crippen LogP contribution < -0.4 is 5.32 Å². The molecule has 0 heterocycles. The number of alkyl halides is 3. The van der Waals surface area contributed by atoms with Crippen LogP contribution in [0, 0.1) is 17.8 Å². The zero-order chi connectivity index (χ0) is 12.6. The summed E-state index contributed by atoms with van der Waals surface area (Å²) < 4.78 is 40.0. The van der Waals surface area contributed by atoms with Crippen LogP contribution >= 0.6 is 0 Å². The molecule has 0 aliphatic heterocycles. The molecule has 96 valence electrons. The van der Waals surface area contributed by atoms with Crippen LogP contribution in [0.1, 0.15) is 40.0 Å². The average molecular weight is 237 g/mol. The Labute approximate surface area is 95.8 Å². The van der Waals surface area contributed by atoms with Gasteiger partial charge in [0.1, 0.15) is 5.54 Å². The first-order valence-electron chi connectivity index (χ1n) is 6.00. The normalized spacial score (nSPS) is 36.8. The second-order valence-electron chi connectivity index (χ2n) is 5.46. The van der Waals surface area contributed by atoms with E-state index in [4.69, 9.17) is 0 Å². The molecule has 0 aromatic rings. The summed E-state index contributed by atoms with van der Waals surface area (Å²) in [5.41, 5.74) is -1.68. The molecule has 4 heteroatoms. The molecule has 16 heavy (non-hydrogen) atoms. The number of halogens is 3. The fourth-order valence-corrected chi connectivity index (χ4v) is 3.17. The van der Waals surface area contributed by atoms with E-state index >= 15 is 0 Å². The van der Waals surface area contributed by atoms with E-state index in [1.54, 1.807) is 0 Å². The molecule has 0 saturated heterocycles. The fourth-order valence-electron chi connectivity index (χ4n) is 3.17. The maximum absolute atomic E-state index is 13.3. The summed E-state index contributed by atoms with van der Waals surface area (Å²) in [6, 6.07) is 0. The molecule has 1 aliphatic carbocycles. The molecule has 3 atom stereocenters. The predicted molar refractivity (Wildman–Crippen MR) is 59.2 cm³/mol. The van der Waals surface area contributed by atoms with Crippen LogP contribution in [0.2, 0.25) is 0 Å². The molecule has 1 fully saturated rings. The summed E-state index contributed by atoms with van der Waals surface area (Å²) in [5, 5.41) is 2.59. The van der Waals surface area contributed by atoms with Gasteiger partial charge < -0.3 is 5.32 Å². The van der Waals surface area contributed by atoms with Crippen molar-refractivity contribution in [3.8, 4) is 0 Å². The van der Waals surface area contributed by atoms with Gasteiger partial charge in [-0.05, 0) is 37.6 Å². The lowest BCUT2D eigenvalue weighted by molar-refractivity contribution is -0.228. The Hall–Kier alpha value is -0.250. The van der Waals surface area contributed by atoms with E-state index in [-0.39, 0.29) is 24.2 Å². The van der Waals surface area contributed by atoms with Gasteiger partial charge in [-0.2, -0.15) is 13.2 Å². The van der Waals surface area contributed by atoms with E-state index in [2.05, 4.69) is 5.32 Å². The molecule has 0 bridgehead atoms. The van der Waals surface area contributed by atoms with Crippen LogP contribution in [-0.2, 0) is 0 Å². The van der Waals surface area contributed by atoms with Gasteiger partial charge in [0, 0.05) is 0 Å². The lowest BCUT2D eigenvalue weighted by atomic mass is 9.64. The van der Waals surface area contributed by atoms with Gasteiger partial charge >= 0.3 is 6.18 Å². The molecular formula is C12H22F3N. The third-order valence-corrected chi connectivity index (χ3v) is 4.03. The van der Waals surface area contributed by atoms with E-state index in [1.807, 2.05) is 20.8 Å². The van der Waals surface area contributed by atoms with Gasteiger partial charge in [-0.15, -0.1) is 0 Å². The first kappa shape index (κ1) is 13.8. The second kappa shape index (κ2) is 4.55. The van der Waals surface area contributed by atoms with Gasteiger partial charge in [0.25, 0.3) is 0 Å². The second-order valence-corrected chi connectivity index (χ2v) is 5.46. The van der Waals surface area contributed by atoms with Gasteiger partial charge in [-0.1, -0.05) is 27.2 Å². The number of nitrogens with one attached hydrogen (secondary N) is 1. The van der Waals surface area contributed by atoms with E-state index in [0.717, 1.165) is 6.42 Å². The Bertz CT molecular complexity index is 237. The highest BCUT2D eigenvalue weighted by molar-refractivity contribution is 5.04. The van der Waals surface area contributed by atoms with Crippen molar-refractivity contribution >= 4 is 0 Å². The van der Waals surface area contributed by atoms with E-state index < -0.39 is 11.7 Å². The van der Waals surface area contributed by atoms with Crippen molar-refractivity contribution in [1.29, 1.82) is 0 Å². The molecular weight excluding hydrogens is 215 g/mol. The van der Waals surface area contributed by atoms with Crippen LogP contribution in [0.4, 0.5) is 13.2 Å². The predicted octanol–water partition coefficient (Wildman–Crippen LogP) is 3.60. The largest absolute Gasteiger partial charge is 0.406 e. The van der Waals surface area contributed by atoms with Crippen LogP contribution in [-0.4, -0.2) is 18.8 Å². The van der Waals surface area contributed by atoms with Crippen molar-refractivity contribution < 1.29 is 13.2 Å². The van der Waals surface area contributed by atoms with Gasteiger partial charge in [-0.25, -0.2) is 0 Å². The van der Waals surface area contributed by atoms with Gasteiger partial charge in [-0.3, -0.25) is 0 Å². The summed E-state index contributed by atoms with van der Waals surface area (Å²) in [6.45, 7) is 5.69. The zero-order valence-corrected chi connectivity index (χ0v) is 10.5. The Morgan fingerprint density at radius 1 is 1.25 bits per heavy atom. The molecule has 1 nitrogen and oxygen atoms in total. The Morgan fingerprint density at radius 3 is 2.19 bits per heavy atom. The maximum Gasteiger partial charge on any atom is 0.406 e. The minimum absolute atomic E-state index is 0.0570. The van der Waals surface area contributed by atoms with Crippen molar-refractivity contribution in [2.45, 2.75) is 51.7 Å². The Morgan fingerprint density at radius 2 is 1.81 bits per heavy atom. The first-order valence-corrected chi connectivity index (χ1v) is 6.00. The average Bonchev–Trinajstić information content (AvgIpc) is 2.14. The quantitative estimate of drug-likeness (QED) is 0.773. The minimum atomic E-state index is -4.16. The van der Waals surface area contributed by atoms with Gasteiger partial charge in [0.2, 0.25) is 0 Å². The lowest BCUT2D eigenvalue weighted by Gasteiger charge is -2.49. The maximum atomic E-state index is 13.3. The van der Waals surface area contributed by atoms with Crippen molar-refractivity contribution in [3.63, 3.8) is 0 Å². The van der Waals surface area contributed by atoms with E-state index in [0.29, 0.717) is 6.42 Å². The highest BCUT2D eigenvalue weighted by Gasteiger charge is 2.60. The standard InChI is InChI=1S/C12H22F3N/c1-8(2)10-6-5-9(3)7-11(10,16-4)12(13,14)15/h8-10,16H,5-7H2,1-4H3. The summed E-state index contributed by atoms with van der Waals surface area (Å²) in [6.07, 6.45) is -2.39. The van der Waals surface area contributed by atoms with Crippen LogP contribution in [0.3, 0.4) is 0 Å². The SMILES string of the molecule is CNC1(C(F)(F)F)CC(C)CCC1C(C)C. The third-order valence-electron chi connectivity index (χ3n) is 4.03. The van der Waals surface area contributed by atoms with Crippen molar-refractivity contribution in [1.82, 2.24) is 5.32 Å². The number of hydrogen-bond donors (Lipinski definition) is 1. The minimum Gasteiger partial charge on any atom is -0.306 e. The van der Waals surface area contributed by atoms with Crippen LogP contribution in [0.5, 0.6) is 0 Å². The third kappa shape index (κ3) is 2.22. The highest BCUT2D eigenvalue weighted by atomic mass is 19.4. The van der Waals surface area contributed by atoms with Gasteiger partial charge in [0.15, 0.2) is 0 Å². The first-order chi connectivity index (χ1) is 7.24. The van der Waals surface area contributed by atoms with Crippen molar-refractivity contribution in [2.75, 3.05) is 7.05 Å². The van der Waals surface area contributed by atoms with Crippen LogP contribution in [0.15, 0.2) is 0 Å². The van der Waals surface area contributed by atoms with Crippen molar-refractivity contribution in [2.24, 2.45) is 17.8 Å². The fraction of sp³-hybridized carbons (Fsp3) is 1.00. The zero-order valence-electron chi connectivity index (χ0n) is 10.5. The topological polar surface area (TPSA) is 12.0 Å². The lowest BCUT2D eigenvalue weighted by Crippen LogP contribution is -2.63. The molecule has 0 amide bonds. The molecule has 1 N–H and O–H groups in total. The molecule has 1 saturated carbocycles. The van der Waals surface area contributed by atoms with Gasteiger partial charge in [0.05, 0.1) is 0 Å². The molecule has 1 rings (SSSR count). The molecule has 3 unspecified atom stereocenters. The molecule has 0 aromatic heterocycles. The summed E-state index contributed by atoms with van der Waals surface area (Å²) >= 11 is 0. The van der Waals surface area contributed by atoms with Crippen molar-refractivity contribution in [3.05, 3.63) is 0 Å². The summed E-state index contributed by atoms with van der Waals surface area (Å²) in [5.74, 6) is -0.112. The van der Waals surface area contributed by atoms with Crippen LogP contribution in [0.25, 0.3) is 0 Å². The Kier molecular flexibility index (Phi) is 3.93. The van der Waals surface area contributed by atoms with E-state index in [1.165, 1.54) is 7.05 Å². The number of rotatable bonds is 2.